The van der Waals surface area contributed by atoms with E-state index in [2.05, 4.69) is 6.92 Å². The Morgan fingerprint density at radius 3 is 1.94 bits per heavy atom. The van der Waals surface area contributed by atoms with Crippen molar-refractivity contribution in [2.24, 2.45) is 0 Å². The van der Waals surface area contributed by atoms with E-state index >= 15 is 0 Å². The van der Waals surface area contributed by atoms with E-state index < -0.39 is 18.2 Å². The van der Waals surface area contributed by atoms with Crippen LogP contribution >= 0.6 is 0 Å². The van der Waals surface area contributed by atoms with Crippen LogP contribution in [0.15, 0.2) is 24.3 Å². The summed E-state index contributed by atoms with van der Waals surface area (Å²) in [5.41, 5.74) is 1.85. The summed E-state index contributed by atoms with van der Waals surface area (Å²) in [6.45, 7) is 4.67. The van der Waals surface area contributed by atoms with E-state index in [0.29, 0.717) is 5.56 Å². The molecule has 0 saturated carbocycles. The highest BCUT2D eigenvalue weighted by Gasteiger charge is 2.17. The number of carbonyl (C=O) groups is 2. The molecule has 0 radical (unpaired) electrons. The predicted octanol–water partition coefficient (Wildman–Crippen LogP) is 2.76. The Hall–Kier alpha value is -1.84. The van der Waals surface area contributed by atoms with Gasteiger partial charge in [-0.2, -0.15) is 0 Å². The number of aryl methyl sites for hydroxylation is 1. The van der Waals surface area contributed by atoms with Gasteiger partial charge in [0, 0.05) is 19.4 Å². The zero-order valence-electron chi connectivity index (χ0n) is 10.9. The molecule has 1 aromatic carbocycles. The van der Waals surface area contributed by atoms with Crippen molar-refractivity contribution in [2.75, 3.05) is 0 Å². The van der Waals surface area contributed by atoms with Crippen molar-refractivity contribution in [3.63, 3.8) is 0 Å². The lowest BCUT2D eigenvalue weighted by Crippen LogP contribution is -2.14. The maximum Gasteiger partial charge on any atom is 0.305 e. The summed E-state index contributed by atoms with van der Waals surface area (Å²) >= 11 is 0. The molecule has 98 valence electrons. The maximum atomic E-state index is 11.0. The molecule has 0 saturated heterocycles. The number of hydrogen-bond donors (Lipinski definition) is 0. The Morgan fingerprint density at radius 1 is 1.06 bits per heavy atom. The van der Waals surface area contributed by atoms with E-state index in [1.54, 1.807) is 0 Å². The molecule has 0 amide bonds. The third-order valence-electron chi connectivity index (χ3n) is 2.34. The number of benzene rings is 1. The highest BCUT2D eigenvalue weighted by molar-refractivity contribution is 5.68. The van der Waals surface area contributed by atoms with Crippen molar-refractivity contribution in [2.45, 2.75) is 39.9 Å². The molecule has 0 aromatic heterocycles. The van der Waals surface area contributed by atoms with E-state index in [4.69, 9.17) is 9.47 Å². The minimum Gasteiger partial charge on any atom is -0.421 e. The lowest BCUT2D eigenvalue weighted by molar-refractivity contribution is -0.186. The van der Waals surface area contributed by atoms with Crippen LogP contribution in [0, 0.1) is 0 Å². The van der Waals surface area contributed by atoms with Gasteiger partial charge in [0.25, 0.3) is 6.29 Å². The first-order valence-corrected chi connectivity index (χ1v) is 5.96. The van der Waals surface area contributed by atoms with E-state index in [0.717, 1.165) is 12.8 Å². The normalized spacial score (nSPS) is 10.2. The van der Waals surface area contributed by atoms with E-state index in [-0.39, 0.29) is 0 Å². The number of hydrogen-bond acceptors (Lipinski definition) is 4. The van der Waals surface area contributed by atoms with Crippen LogP contribution in [0.5, 0.6) is 0 Å². The Balaban J connectivity index is 2.83. The molecule has 18 heavy (non-hydrogen) atoms. The van der Waals surface area contributed by atoms with Crippen molar-refractivity contribution in [1.29, 1.82) is 0 Å². The minimum absolute atomic E-state index is 0.487. The number of carbonyl (C=O) groups excluding carboxylic acids is 2. The predicted molar refractivity (Wildman–Crippen MR) is 66.7 cm³/mol. The van der Waals surface area contributed by atoms with Gasteiger partial charge in [0.1, 0.15) is 0 Å². The third-order valence-corrected chi connectivity index (χ3v) is 2.34. The van der Waals surface area contributed by atoms with Crippen molar-refractivity contribution >= 4 is 11.9 Å². The summed E-state index contributed by atoms with van der Waals surface area (Å²) in [4.78, 5) is 21.9. The average molecular weight is 250 g/mol. The van der Waals surface area contributed by atoms with Crippen molar-refractivity contribution in [3.05, 3.63) is 35.4 Å². The first kappa shape index (κ1) is 14.2. The van der Waals surface area contributed by atoms with Crippen LogP contribution in [-0.4, -0.2) is 11.9 Å². The highest BCUT2D eigenvalue weighted by Crippen LogP contribution is 2.20. The molecule has 0 aliphatic heterocycles. The Labute approximate surface area is 107 Å². The third kappa shape index (κ3) is 4.57. The number of esters is 2. The molecule has 1 aromatic rings. The Kier molecular flexibility index (Phi) is 5.36. The molecule has 0 N–H and O–H groups in total. The highest BCUT2D eigenvalue weighted by atomic mass is 16.7. The Bertz CT molecular complexity index is 392. The quantitative estimate of drug-likeness (QED) is 0.595. The summed E-state index contributed by atoms with van der Waals surface area (Å²) in [5.74, 6) is -0.974. The summed E-state index contributed by atoms with van der Waals surface area (Å²) in [5, 5.41) is 0. The number of rotatable bonds is 5. The van der Waals surface area contributed by atoms with Gasteiger partial charge in [-0.05, 0) is 12.0 Å². The smallest absolute Gasteiger partial charge is 0.305 e. The summed E-state index contributed by atoms with van der Waals surface area (Å²) in [7, 11) is 0. The zero-order valence-corrected chi connectivity index (χ0v) is 10.9. The molecule has 0 unspecified atom stereocenters. The van der Waals surface area contributed by atoms with Crippen LogP contribution < -0.4 is 0 Å². The van der Waals surface area contributed by atoms with Gasteiger partial charge < -0.3 is 9.47 Å². The molecule has 4 heteroatoms. The van der Waals surface area contributed by atoms with Crippen LogP contribution in [0.2, 0.25) is 0 Å². The van der Waals surface area contributed by atoms with Crippen LogP contribution in [0.3, 0.4) is 0 Å². The first-order chi connectivity index (χ1) is 8.52. The average Bonchev–Trinajstić information content (AvgIpc) is 2.28. The monoisotopic (exact) mass is 250 g/mol. The van der Waals surface area contributed by atoms with Gasteiger partial charge in [0.05, 0.1) is 0 Å². The molecule has 0 fully saturated rings. The standard InChI is InChI=1S/C14H18O4/c1-4-5-12-6-8-13(9-7-12)14(17-10(2)15)18-11(3)16/h6-9,14H,4-5H2,1-3H3. The van der Waals surface area contributed by atoms with Crippen molar-refractivity contribution in [3.8, 4) is 0 Å². The molecular formula is C14H18O4. The lowest BCUT2D eigenvalue weighted by atomic mass is 10.1. The number of ether oxygens (including phenoxy) is 2. The second-order valence-electron chi connectivity index (χ2n) is 4.04. The first-order valence-electron chi connectivity index (χ1n) is 5.96. The van der Waals surface area contributed by atoms with Crippen molar-refractivity contribution < 1.29 is 19.1 Å². The molecule has 0 heterocycles. The summed E-state index contributed by atoms with van der Waals surface area (Å²) < 4.78 is 9.93. The van der Waals surface area contributed by atoms with Gasteiger partial charge in [-0.25, -0.2) is 0 Å². The van der Waals surface area contributed by atoms with Gasteiger partial charge in [0.2, 0.25) is 0 Å². The largest absolute Gasteiger partial charge is 0.421 e. The molecular weight excluding hydrogens is 232 g/mol. The summed E-state index contributed by atoms with van der Waals surface area (Å²) in [6.07, 6.45) is 1.10. The fourth-order valence-electron chi connectivity index (χ4n) is 1.59. The lowest BCUT2D eigenvalue weighted by Gasteiger charge is -2.17. The molecule has 0 aliphatic rings. The van der Waals surface area contributed by atoms with Crippen LogP contribution in [0.4, 0.5) is 0 Å². The van der Waals surface area contributed by atoms with Gasteiger partial charge in [0.15, 0.2) is 0 Å². The SMILES string of the molecule is CCCc1ccc(C(OC(C)=O)OC(C)=O)cc1. The maximum absolute atomic E-state index is 11.0. The second-order valence-corrected chi connectivity index (χ2v) is 4.04. The fourth-order valence-corrected chi connectivity index (χ4v) is 1.59. The van der Waals surface area contributed by atoms with Crippen LogP contribution in [0.25, 0.3) is 0 Å². The van der Waals surface area contributed by atoms with E-state index in [1.807, 2.05) is 24.3 Å². The molecule has 0 atom stereocenters. The van der Waals surface area contributed by atoms with E-state index in [1.165, 1.54) is 19.4 Å². The van der Waals surface area contributed by atoms with Crippen molar-refractivity contribution in [1.82, 2.24) is 0 Å². The van der Waals surface area contributed by atoms with Gasteiger partial charge >= 0.3 is 11.9 Å². The fraction of sp³-hybridized carbons (Fsp3) is 0.429. The van der Waals surface area contributed by atoms with Crippen LogP contribution in [0.1, 0.15) is 44.6 Å². The molecule has 0 aliphatic carbocycles. The van der Waals surface area contributed by atoms with Crippen LogP contribution in [-0.2, 0) is 25.5 Å². The molecule has 0 spiro atoms. The topological polar surface area (TPSA) is 52.6 Å². The zero-order chi connectivity index (χ0) is 13.5. The summed E-state index contributed by atoms with van der Waals surface area (Å²) in [6, 6.07) is 7.50. The Morgan fingerprint density at radius 2 is 1.56 bits per heavy atom. The van der Waals surface area contributed by atoms with Gasteiger partial charge in [-0.15, -0.1) is 0 Å². The second kappa shape index (κ2) is 6.79. The molecule has 1 rings (SSSR count). The van der Waals surface area contributed by atoms with Gasteiger partial charge in [-0.3, -0.25) is 9.59 Å². The minimum atomic E-state index is -0.962. The van der Waals surface area contributed by atoms with Gasteiger partial charge in [-0.1, -0.05) is 37.6 Å². The van der Waals surface area contributed by atoms with E-state index in [9.17, 15) is 9.59 Å². The molecule has 0 bridgehead atoms. The molecule has 4 nitrogen and oxygen atoms in total.